The molecular weight excluding hydrogens is 368 g/mol. The van der Waals surface area contributed by atoms with E-state index < -0.39 is 0 Å². The number of carbonyl (C=O) groups is 2. The summed E-state index contributed by atoms with van der Waals surface area (Å²) in [5.41, 5.74) is 1.53. The highest BCUT2D eigenvalue weighted by atomic mass is 16.5. The van der Waals surface area contributed by atoms with Gasteiger partial charge in [-0.2, -0.15) is 0 Å². The highest BCUT2D eigenvalue weighted by Crippen LogP contribution is 2.17. The number of morpholine rings is 1. The largest absolute Gasteiger partial charge is 0.491 e. The molecule has 0 unspecified atom stereocenters. The van der Waals surface area contributed by atoms with Gasteiger partial charge in [0, 0.05) is 18.7 Å². The van der Waals surface area contributed by atoms with Crippen molar-refractivity contribution in [3.05, 3.63) is 71.4 Å². The number of amides is 2. The number of nitrogens with one attached hydrogen (secondary N) is 1. The molecule has 3 rings (SSSR count). The summed E-state index contributed by atoms with van der Waals surface area (Å²) in [5.74, 6) is 0.213. The molecule has 0 saturated carbocycles. The van der Waals surface area contributed by atoms with Crippen LogP contribution < -0.4 is 10.1 Å². The average molecular weight is 394 g/mol. The van der Waals surface area contributed by atoms with Crippen LogP contribution in [0.15, 0.2) is 60.3 Å². The smallest absolute Gasteiger partial charge is 0.270 e. The van der Waals surface area contributed by atoms with Crippen molar-refractivity contribution < 1.29 is 19.1 Å². The van der Waals surface area contributed by atoms with Gasteiger partial charge in [-0.05, 0) is 49.8 Å². The van der Waals surface area contributed by atoms with E-state index in [0.717, 1.165) is 11.3 Å². The molecule has 1 heterocycles. The molecule has 1 saturated heterocycles. The molecule has 6 nitrogen and oxygen atoms in total. The first-order valence-corrected chi connectivity index (χ1v) is 9.75. The van der Waals surface area contributed by atoms with E-state index in [-0.39, 0.29) is 23.6 Å². The average Bonchev–Trinajstić information content (AvgIpc) is 2.75. The molecule has 152 valence electrons. The first-order valence-electron chi connectivity index (χ1n) is 9.75. The first-order chi connectivity index (χ1) is 14.0. The maximum absolute atomic E-state index is 13.0. The van der Waals surface area contributed by atoms with E-state index in [1.54, 1.807) is 35.2 Å². The van der Waals surface area contributed by atoms with Crippen LogP contribution in [0.1, 0.15) is 29.8 Å². The van der Waals surface area contributed by atoms with Crippen LogP contribution in [0.4, 0.5) is 0 Å². The number of benzene rings is 2. The fourth-order valence-corrected chi connectivity index (χ4v) is 2.95. The lowest BCUT2D eigenvalue weighted by Gasteiger charge is -2.27. The standard InChI is InChI=1S/C23H26N2O4/c1-17(2)29-20-10-8-18(9-11-20)16-21(23(27)25-12-14-28-15-13-25)24-22(26)19-6-4-3-5-7-19/h3-11,16-17H,12-15H2,1-2H3,(H,24,26)/b21-16+. The molecule has 1 aliphatic heterocycles. The normalized spacial score (nSPS) is 14.6. The van der Waals surface area contributed by atoms with E-state index in [1.807, 2.05) is 44.2 Å². The number of carbonyl (C=O) groups excluding carboxylic acids is 2. The monoisotopic (exact) mass is 394 g/mol. The van der Waals surface area contributed by atoms with Gasteiger partial charge in [-0.25, -0.2) is 0 Å². The molecule has 29 heavy (non-hydrogen) atoms. The summed E-state index contributed by atoms with van der Waals surface area (Å²) in [6.07, 6.45) is 1.78. The topological polar surface area (TPSA) is 67.9 Å². The Morgan fingerprint density at radius 2 is 1.69 bits per heavy atom. The molecule has 0 aromatic heterocycles. The SMILES string of the molecule is CC(C)Oc1ccc(/C=C(/NC(=O)c2ccccc2)C(=O)N2CCOCC2)cc1. The van der Waals surface area contributed by atoms with Gasteiger partial charge in [0.05, 0.1) is 19.3 Å². The van der Waals surface area contributed by atoms with Gasteiger partial charge in [0.25, 0.3) is 11.8 Å². The molecule has 0 bridgehead atoms. The summed E-state index contributed by atoms with van der Waals surface area (Å²) >= 11 is 0. The third kappa shape index (κ3) is 5.93. The van der Waals surface area contributed by atoms with Crippen LogP contribution in [-0.2, 0) is 9.53 Å². The molecule has 1 N–H and O–H groups in total. The lowest BCUT2D eigenvalue weighted by Crippen LogP contribution is -2.44. The zero-order valence-electron chi connectivity index (χ0n) is 16.8. The molecule has 2 amide bonds. The van der Waals surface area contributed by atoms with Crippen molar-refractivity contribution in [2.45, 2.75) is 20.0 Å². The number of hydrogen-bond donors (Lipinski definition) is 1. The van der Waals surface area contributed by atoms with Crippen molar-refractivity contribution in [2.24, 2.45) is 0 Å². The Morgan fingerprint density at radius 1 is 1.03 bits per heavy atom. The highest BCUT2D eigenvalue weighted by molar-refractivity contribution is 6.05. The van der Waals surface area contributed by atoms with Crippen LogP contribution in [0.25, 0.3) is 6.08 Å². The van der Waals surface area contributed by atoms with Gasteiger partial charge in [-0.3, -0.25) is 9.59 Å². The first kappa shape index (κ1) is 20.6. The summed E-state index contributed by atoms with van der Waals surface area (Å²) in [6, 6.07) is 16.3. The van der Waals surface area contributed by atoms with Crippen molar-refractivity contribution in [1.29, 1.82) is 0 Å². The van der Waals surface area contributed by atoms with Gasteiger partial charge < -0.3 is 19.7 Å². The Bertz CT molecular complexity index is 854. The molecular formula is C23H26N2O4. The predicted molar refractivity (Wildman–Crippen MR) is 111 cm³/mol. The van der Waals surface area contributed by atoms with Gasteiger partial charge in [0.2, 0.25) is 0 Å². The van der Waals surface area contributed by atoms with Gasteiger partial charge in [-0.1, -0.05) is 30.3 Å². The van der Waals surface area contributed by atoms with Crippen molar-refractivity contribution in [3.63, 3.8) is 0 Å². The van der Waals surface area contributed by atoms with Gasteiger partial charge >= 0.3 is 0 Å². The molecule has 0 radical (unpaired) electrons. The fourth-order valence-electron chi connectivity index (χ4n) is 2.95. The van der Waals surface area contributed by atoms with Crippen LogP contribution in [0.5, 0.6) is 5.75 Å². The zero-order chi connectivity index (χ0) is 20.6. The summed E-state index contributed by atoms with van der Waals surface area (Å²) in [7, 11) is 0. The van der Waals surface area contributed by atoms with E-state index >= 15 is 0 Å². The summed E-state index contributed by atoms with van der Waals surface area (Å²) in [5, 5.41) is 2.78. The predicted octanol–water partition coefficient (Wildman–Crippen LogP) is 3.10. The Labute approximate surface area is 171 Å². The molecule has 6 heteroatoms. The van der Waals surface area contributed by atoms with Crippen LogP contribution in [0.2, 0.25) is 0 Å². The van der Waals surface area contributed by atoms with Gasteiger partial charge in [-0.15, -0.1) is 0 Å². The molecule has 0 spiro atoms. The minimum absolute atomic E-state index is 0.0833. The quantitative estimate of drug-likeness (QED) is 0.765. The highest BCUT2D eigenvalue weighted by Gasteiger charge is 2.22. The Kier molecular flexibility index (Phi) is 7.03. The third-order valence-electron chi connectivity index (χ3n) is 4.38. The number of rotatable bonds is 6. The lowest BCUT2D eigenvalue weighted by atomic mass is 10.1. The minimum Gasteiger partial charge on any atom is -0.491 e. The second-order valence-electron chi connectivity index (χ2n) is 7.02. The molecule has 1 aliphatic rings. The van der Waals surface area contributed by atoms with Gasteiger partial charge in [0.15, 0.2) is 0 Å². The summed E-state index contributed by atoms with van der Waals surface area (Å²) in [4.78, 5) is 27.4. The minimum atomic E-state index is -0.321. The van der Waals surface area contributed by atoms with E-state index in [2.05, 4.69) is 5.32 Å². The molecule has 0 atom stereocenters. The third-order valence-corrected chi connectivity index (χ3v) is 4.38. The lowest BCUT2D eigenvalue weighted by molar-refractivity contribution is -0.131. The second-order valence-corrected chi connectivity index (χ2v) is 7.02. The number of ether oxygens (including phenoxy) is 2. The van der Waals surface area contributed by atoms with Crippen molar-refractivity contribution in [1.82, 2.24) is 10.2 Å². The van der Waals surface area contributed by atoms with Gasteiger partial charge in [0.1, 0.15) is 11.4 Å². The maximum Gasteiger partial charge on any atom is 0.270 e. The summed E-state index contributed by atoms with van der Waals surface area (Å²) < 4.78 is 11.0. The van der Waals surface area contributed by atoms with E-state index in [1.165, 1.54) is 0 Å². The maximum atomic E-state index is 13.0. The molecule has 2 aromatic carbocycles. The van der Waals surface area contributed by atoms with Crippen molar-refractivity contribution in [3.8, 4) is 5.75 Å². The Balaban J connectivity index is 1.84. The molecule has 1 fully saturated rings. The Morgan fingerprint density at radius 3 is 2.31 bits per heavy atom. The Hall–Kier alpha value is -3.12. The number of hydrogen-bond acceptors (Lipinski definition) is 4. The van der Waals surface area contributed by atoms with Crippen LogP contribution in [0, 0.1) is 0 Å². The van der Waals surface area contributed by atoms with E-state index in [4.69, 9.17) is 9.47 Å². The summed E-state index contributed by atoms with van der Waals surface area (Å²) in [6.45, 7) is 5.91. The van der Waals surface area contributed by atoms with Crippen LogP contribution in [0.3, 0.4) is 0 Å². The van der Waals surface area contributed by atoms with Crippen LogP contribution >= 0.6 is 0 Å². The molecule has 2 aromatic rings. The second kappa shape index (κ2) is 9.89. The number of nitrogens with zero attached hydrogens (tertiary/aromatic N) is 1. The van der Waals surface area contributed by atoms with E-state index in [0.29, 0.717) is 31.9 Å². The van der Waals surface area contributed by atoms with Crippen LogP contribution in [-0.4, -0.2) is 49.1 Å². The van der Waals surface area contributed by atoms with Crippen molar-refractivity contribution >= 4 is 17.9 Å². The molecule has 0 aliphatic carbocycles. The van der Waals surface area contributed by atoms with E-state index in [9.17, 15) is 9.59 Å². The fraction of sp³-hybridized carbons (Fsp3) is 0.304. The zero-order valence-corrected chi connectivity index (χ0v) is 16.8. The van der Waals surface area contributed by atoms with Crippen molar-refractivity contribution in [2.75, 3.05) is 26.3 Å².